The molecular formula is C20H30N6. The summed E-state index contributed by atoms with van der Waals surface area (Å²) in [7, 11) is 1.82. The molecule has 0 amide bonds. The van der Waals surface area contributed by atoms with E-state index in [4.69, 9.17) is 0 Å². The number of nitrogens with zero attached hydrogens (tertiary/aromatic N) is 4. The van der Waals surface area contributed by atoms with Crippen molar-refractivity contribution < 1.29 is 0 Å². The van der Waals surface area contributed by atoms with Crippen LogP contribution in [-0.4, -0.2) is 53.4 Å². The van der Waals surface area contributed by atoms with E-state index in [1.54, 1.807) is 0 Å². The number of hydrogen-bond donors (Lipinski definition) is 2. The minimum absolute atomic E-state index is 0.496. The van der Waals surface area contributed by atoms with Crippen LogP contribution in [0.1, 0.15) is 31.9 Å². The summed E-state index contributed by atoms with van der Waals surface area (Å²) >= 11 is 0. The normalized spacial score (nSPS) is 16.6. The second kappa shape index (κ2) is 9.38. The van der Waals surface area contributed by atoms with Gasteiger partial charge >= 0.3 is 0 Å². The maximum atomic E-state index is 4.63. The lowest BCUT2D eigenvalue weighted by Gasteiger charge is -2.32. The van der Waals surface area contributed by atoms with Crippen LogP contribution in [-0.2, 0) is 6.54 Å². The van der Waals surface area contributed by atoms with Crippen LogP contribution >= 0.6 is 0 Å². The summed E-state index contributed by atoms with van der Waals surface area (Å²) in [4.78, 5) is 6.91. The Kier molecular flexibility index (Phi) is 6.66. The number of aromatic nitrogens is 2. The molecule has 0 unspecified atom stereocenters. The average molecular weight is 355 g/mol. The summed E-state index contributed by atoms with van der Waals surface area (Å²) in [6.07, 6.45) is 5.57. The molecule has 1 saturated heterocycles. The van der Waals surface area contributed by atoms with Crippen molar-refractivity contribution in [2.75, 3.05) is 26.7 Å². The van der Waals surface area contributed by atoms with Gasteiger partial charge in [0.1, 0.15) is 0 Å². The van der Waals surface area contributed by atoms with Gasteiger partial charge in [0.25, 0.3) is 0 Å². The lowest BCUT2D eigenvalue weighted by molar-refractivity contribution is 0.206. The lowest BCUT2D eigenvalue weighted by atomic mass is 10.1. The van der Waals surface area contributed by atoms with Crippen molar-refractivity contribution in [2.45, 2.75) is 38.8 Å². The van der Waals surface area contributed by atoms with E-state index >= 15 is 0 Å². The zero-order valence-electron chi connectivity index (χ0n) is 15.9. The van der Waals surface area contributed by atoms with Gasteiger partial charge in [0.2, 0.25) is 0 Å². The summed E-state index contributed by atoms with van der Waals surface area (Å²) < 4.78 is 1.90. The molecule has 1 aromatic carbocycles. The van der Waals surface area contributed by atoms with Gasteiger partial charge in [-0.3, -0.25) is 4.99 Å². The molecule has 6 heteroatoms. The third-order valence-corrected chi connectivity index (χ3v) is 4.79. The summed E-state index contributed by atoms with van der Waals surface area (Å²) in [6, 6.07) is 12.7. The molecule has 1 aromatic heterocycles. The van der Waals surface area contributed by atoms with Gasteiger partial charge in [0.05, 0.1) is 17.9 Å². The Morgan fingerprint density at radius 1 is 1.19 bits per heavy atom. The Morgan fingerprint density at radius 2 is 1.96 bits per heavy atom. The zero-order chi connectivity index (χ0) is 18.2. The second-order valence-electron chi connectivity index (χ2n) is 6.77. The topological polar surface area (TPSA) is 57.5 Å². The van der Waals surface area contributed by atoms with Gasteiger partial charge in [-0.15, -0.1) is 0 Å². The SMILES string of the molecule is CCCN1CCC(NC(=NC)NCc2ccn(-c3ccccc3)n2)CC1. The molecule has 6 nitrogen and oxygen atoms in total. The first-order chi connectivity index (χ1) is 12.8. The summed E-state index contributed by atoms with van der Waals surface area (Å²) in [5, 5.41) is 11.6. The van der Waals surface area contributed by atoms with E-state index in [0.717, 1.165) is 17.3 Å². The molecule has 0 saturated carbocycles. The highest BCUT2D eigenvalue weighted by molar-refractivity contribution is 5.79. The number of piperidine rings is 1. The third kappa shape index (κ3) is 5.08. The number of nitrogens with one attached hydrogen (secondary N) is 2. The van der Waals surface area contributed by atoms with Gasteiger partial charge in [-0.1, -0.05) is 25.1 Å². The Labute approximate surface area is 156 Å². The van der Waals surface area contributed by atoms with Gasteiger partial charge in [0.15, 0.2) is 5.96 Å². The molecule has 140 valence electrons. The van der Waals surface area contributed by atoms with Crippen molar-refractivity contribution in [3.05, 3.63) is 48.3 Å². The van der Waals surface area contributed by atoms with Crippen LogP contribution in [0.4, 0.5) is 0 Å². The van der Waals surface area contributed by atoms with Gasteiger partial charge < -0.3 is 15.5 Å². The molecule has 2 N–H and O–H groups in total. The molecule has 0 spiro atoms. The number of likely N-dealkylation sites (tertiary alicyclic amines) is 1. The monoisotopic (exact) mass is 354 g/mol. The van der Waals surface area contributed by atoms with Crippen molar-refractivity contribution in [3.63, 3.8) is 0 Å². The molecule has 26 heavy (non-hydrogen) atoms. The number of benzene rings is 1. The zero-order valence-corrected chi connectivity index (χ0v) is 15.9. The molecule has 1 fully saturated rings. The number of guanidine groups is 1. The van der Waals surface area contributed by atoms with E-state index in [1.165, 1.54) is 38.9 Å². The largest absolute Gasteiger partial charge is 0.354 e. The van der Waals surface area contributed by atoms with E-state index in [2.05, 4.69) is 44.7 Å². The molecule has 1 aliphatic heterocycles. The first kappa shape index (κ1) is 18.5. The fourth-order valence-electron chi connectivity index (χ4n) is 3.36. The van der Waals surface area contributed by atoms with Gasteiger partial charge in [-0.25, -0.2) is 4.68 Å². The smallest absolute Gasteiger partial charge is 0.191 e. The van der Waals surface area contributed by atoms with Gasteiger partial charge in [-0.2, -0.15) is 5.10 Å². The molecule has 2 heterocycles. The fraction of sp³-hybridized carbons (Fsp3) is 0.500. The van der Waals surface area contributed by atoms with Crippen molar-refractivity contribution in [1.29, 1.82) is 0 Å². The average Bonchev–Trinajstić information content (AvgIpc) is 3.16. The number of hydrogen-bond acceptors (Lipinski definition) is 3. The Bertz CT molecular complexity index is 685. The third-order valence-electron chi connectivity index (χ3n) is 4.79. The van der Waals surface area contributed by atoms with E-state index in [0.29, 0.717) is 12.6 Å². The van der Waals surface area contributed by atoms with E-state index < -0.39 is 0 Å². The van der Waals surface area contributed by atoms with E-state index in [-0.39, 0.29) is 0 Å². The number of rotatable bonds is 6. The quantitative estimate of drug-likeness (QED) is 0.618. The second-order valence-corrected chi connectivity index (χ2v) is 6.77. The van der Waals surface area contributed by atoms with Crippen LogP contribution in [0.5, 0.6) is 0 Å². The highest BCUT2D eigenvalue weighted by Gasteiger charge is 2.19. The highest BCUT2D eigenvalue weighted by atomic mass is 15.3. The molecule has 1 aliphatic rings. The van der Waals surface area contributed by atoms with Crippen LogP contribution in [0.15, 0.2) is 47.6 Å². The molecule has 0 radical (unpaired) electrons. The Balaban J connectivity index is 1.47. The number of para-hydroxylation sites is 1. The maximum absolute atomic E-state index is 4.63. The van der Waals surface area contributed by atoms with E-state index in [9.17, 15) is 0 Å². The van der Waals surface area contributed by atoms with Crippen LogP contribution in [0, 0.1) is 0 Å². The molecule has 0 aliphatic carbocycles. The summed E-state index contributed by atoms with van der Waals surface area (Å²) in [6.45, 7) is 6.46. The first-order valence-corrected chi connectivity index (χ1v) is 9.58. The Hall–Kier alpha value is -2.34. The maximum Gasteiger partial charge on any atom is 0.191 e. The molecular weight excluding hydrogens is 324 g/mol. The van der Waals surface area contributed by atoms with Crippen molar-refractivity contribution in [3.8, 4) is 5.69 Å². The first-order valence-electron chi connectivity index (χ1n) is 9.58. The molecule has 2 aromatic rings. The van der Waals surface area contributed by atoms with Gasteiger partial charge in [0, 0.05) is 32.4 Å². The standard InChI is InChI=1S/C20H30N6/c1-3-12-25-13-9-17(10-14-25)23-20(21-2)22-16-18-11-15-26(24-18)19-7-5-4-6-8-19/h4-8,11,15,17H,3,9-10,12-14,16H2,1-2H3,(H2,21,22,23). The van der Waals surface area contributed by atoms with Crippen molar-refractivity contribution >= 4 is 5.96 Å². The van der Waals surface area contributed by atoms with Crippen LogP contribution < -0.4 is 10.6 Å². The van der Waals surface area contributed by atoms with Crippen LogP contribution in [0.2, 0.25) is 0 Å². The molecule has 3 rings (SSSR count). The van der Waals surface area contributed by atoms with Crippen LogP contribution in [0.3, 0.4) is 0 Å². The molecule has 0 atom stereocenters. The number of aliphatic imine (C=N–C) groups is 1. The summed E-state index contributed by atoms with van der Waals surface area (Å²) in [5.41, 5.74) is 2.06. The Morgan fingerprint density at radius 3 is 2.65 bits per heavy atom. The fourth-order valence-corrected chi connectivity index (χ4v) is 3.36. The summed E-state index contributed by atoms with van der Waals surface area (Å²) in [5.74, 6) is 0.855. The van der Waals surface area contributed by atoms with Crippen molar-refractivity contribution in [2.24, 2.45) is 4.99 Å². The highest BCUT2D eigenvalue weighted by Crippen LogP contribution is 2.10. The van der Waals surface area contributed by atoms with E-state index in [1.807, 2.05) is 42.2 Å². The lowest BCUT2D eigenvalue weighted by Crippen LogP contribution is -2.48. The molecule has 0 bridgehead atoms. The minimum Gasteiger partial charge on any atom is -0.354 e. The van der Waals surface area contributed by atoms with Crippen LogP contribution in [0.25, 0.3) is 5.69 Å². The predicted molar refractivity (Wildman–Crippen MR) is 107 cm³/mol. The predicted octanol–water partition coefficient (Wildman–Crippen LogP) is 2.41. The van der Waals surface area contributed by atoms with Gasteiger partial charge in [-0.05, 0) is 44.0 Å². The minimum atomic E-state index is 0.496. The van der Waals surface area contributed by atoms with Crippen molar-refractivity contribution in [1.82, 2.24) is 25.3 Å².